The quantitative estimate of drug-likeness (QED) is 0.830. The monoisotopic (exact) mass is 381 g/mol. The topological polar surface area (TPSA) is 70.7 Å². The molecule has 2 amide bonds. The van der Waals surface area contributed by atoms with Crippen molar-refractivity contribution in [2.24, 2.45) is 0 Å². The lowest BCUT2D eigenvalue weighted by atomic mass is 10.1. The smallest absolute Gasteiger partial charge is 0.378 e. The third kappa shape index (κ3) is 6.18. The van der Waals surface area contributed by atoms with Crippen LogP contribution in [0.3, 0.4) is 0 Å². The van der Waals surface area contributed by atoms with E-state index in [0.29, 0.717) is 29.3 Å². The molecule has 1 atom stereocenters. The van der Waals surface area contributed by atoms with Crippen LogP contribution in [0.2, 0.25) is 0 Å². The molecule has 10 heteroatoms. The van der Waals surface area contributed by atoms with Gasteiger partial charge in [-0.1, -0.05) is 12.1 Å². The molecule has 0 radical (unpaired) electrons. The highest BCUT2D eigenvalue weighted by atomic mass is 35.5. The first kappa shape index (κ1) is 21.2. The van der Waals surface area contributed by atoms with Crippen LogP contribution in [-0.4, -0.2) is 55.7 Å². The van der Waals surface area contributed by atoms with Crippen LogP contribution in [0.15, 0.2) is 24.3 Å². The number of amides is 2. The van der Waals surface area contributed by atoms with Crippen LogP contribution in [0.5, 0.6) is 0 Å². The molecular weight excluding hydrogens is 363 g/mol. The number of nitrogens with one attached hydrogen (secondary N) is 2. The third-order valence-electron chi connectivity index (χ3n) is 3.44. The van der Waals surface area contributed by atoms with Crippen molar-refractivity contribution >= 4 is 29.9 Å². The molecule has 1 aromatic rings. The first-order chi connectivity index (χ1) is 11.3. The molecule has 0 saturated carbocycles. The Hall–Kier alpha value is -1.84. The van der Waals surface area contributed by atoms with E-state index < -0.39 is 18.1 Å². The second-order valence-corrected chi connectivity index (χ2v) is 5.43. The number of benzene rings is 1. The minimum absolute atomic E-state index is 0. The second kappa shape index (κ2) is 9.02. The molecule has 1 aliphatic rings. The van der Waals surface area contributed by atoms with Crippen LogP contribution < -0.4 is 10.6 Å². The maximum Gasteiger partial charge on any atom is 0.471 e. The van der Waals surface area contributed by atoms with Crippen molar-refractivity contribution in [2.75, 3.05) is 32.1 Å². The van der Waals surface area contributed by atoms with E-state index in [4.69, 9.17) is 4.74 Å². The molecule has 0 spiro atoms. The van der Waals surface area contributed by atoms with Gasteiger partial charge in [-0.15, -0.1) is 12.4 Å². The predicted molar refractivity (Wildman–Crippen MR) is 87.5 cm³/mol. The van der Waals surface area contributed by atoms with Crippen LogP contribution in [-0.2, 0) is 20.9 Å². The Bertz CT molecular complexity index is 607. The minimum Gasteiger partial charge on any atom is -0.378 e. The average molecular weight is 382 g/mol. The molecular formula is C15H19ClF3N3O3. The fourth-order valence-electron chi connectivity index (χ4n) is 2.27. The molecule has 1 aliphatic heterocycles. The van der Waals surface area contributed by atoms with Gasteiger partial charge in [-0.05, 0) is 17.7 Å². The molecule has 1 unspecified atom stereocenters. The molecule has 0 aromatic heterocycles. The van der Waals surface area contributed by atoms with Gasteiger partial charge in [0.25, 0.3) is 0 Å². The summed E-state index contributed by atoms with van der Waals surface area (Å²) in [4.78, 5) is 23.8. The Morgan fingerprint density at radius 2 is 2.12 bits per heavy atom. The molecule has 0 bridgehead atoms. The van der Waals surface area contributed by atoms with Crippen LogP contribution in [0.1, 0.15) is 5.56 Å². The van der Waals surface area contributed by atoms with E-state index >= 15 is 0 Å². The Morgan fingerprint density at radius 1 is 1.40 bits per heavy atom. The number of hydrogen-bond donors (Lipinski definition) is 2. The summed E-state index contributed by atoms with van der Waals surface area (Å²) in [6.07, 6.45) is -4.91. The molecule has 6 nitrogen and oxygen atoms in total. The number of ether oxygens (including phenoxy) is 1. The lowest BCUT2D eigenvalue weighted by Crippen LogP contribution is -2.48. The van der Waals surface area contributed by atoms with E-state index in [0.717, 1.165) is 7.05 Å². The van der Waals surface area contributed by atoms with Gasteiger partial charge < -0.3 is 20.3 Å². The summed E-state index contributed by atoms with van der Waals surface area (Å²) in [5.74, 6) is -2.20. The molecule has 1 aromatic carbocycles. The Morgan fingerprint density at radius 3 is 2.72 bits per heavy atom. The number of carbonyl (C=O) groups is 2. The van der Waals surface area contributed by atoms with E-state index in [-0.39, 0.29) is 31.5 Å². The van der Waals surface area contributed by atoms with Crippen molar-refractivity contribution in [1.29, 1.82) is 0 Å². The summed E-state index contributed by atoms with van der Waals surface area (Å²) in [6, 6.07) is 5.86. The van der Waals surface area contributed by atoms with Crippen LogP contribution >= 0.6 is 12.4 Å². The van der Waals surface area contributed by atoms with Gasteiger partial charge in [-0.25, -0.2) is 0 Å². The number of hydrogen-bond acceptors (Lipinski definition) is 4. The highest BCUT2D eigenvalue weighted by Crippen LogP contribution is 2.20. The maximum absolute atomic E-state index is 12.4. The van der Waals surface area contributed by atoms with Crippen LogP contribution in [0, 0.1) is 0 Å². The van der Waals surface area contributed by atoms with Gasteiger partial charge in [-0.2, -0.15) is 13.2 Å². The summed E-state index contributed by atoms with van der Waals surface area (Å²) >= 11 is 0. The van der Waals surface area contributed by atoms with Crippen molar-refractivity contribution in [3.63, 3.8) is 0 Å². The van der Waals surface area contributed by atoms with Crippen molar-refractivity contribution < 1.29 is 27.5 Å². The average Bonchev–Trinajstić information content (AvgIpc) is 2.54. The Balaban J connectivity index is 0.00000312. The summed E-state index contributed by atoms with van der Waals surface area (Å²) in [5, 5.41) is 5.68. The van der Waals surface area contributed by atoms with Gasteiger partial charge in [0.15, 0.2) is 0 Å². The fourth-order valence-corrected chi connectivity index (χ4v) is 2.27. The highest BCUT2D eigenvalue weighted by molar-refractivity contribution is 5.95. The number of rotatable bonds is 4. The minimum atomic E-state index is -4.91. The zero-order chi connectivity index (χ0) is 17.7. The third-order valence-corrected chi connectivity index (χ3v) is 3.44. The van der Waals surface area contributed by atoms with Gasteiger partial charge in [-0.3, -0.25) is 9.59 Å². The molecule has 2 rings (SSSR count). The lowest BCUT2D eigenvalue weighted by molar-refractivity contribution is -0.184. The summed E-state index contributed by atoms with van der Waals surface area (Å²) in [7, 11) is 1.07. The van der Waals surface area contributed by atoms with E-state index in [1.54, 1.807) is 18.2 Å². The van der Waals surface area contributed by atoms with Crippen molar-refractivity contribution in [3.8, 4) is 0 Å². The summed E-state index contributed by atoms with van der Waals surface area (Å²) in [6.45, 7) is 1.16. The predicted octanol–water partition coefficient (Wildman–Crippen LogP) is 1.56. The van der Waals surface area contributed by atoms with Crippen LogP contribution in [0.4, 0.5) is 18.9 Å². The Labute approximate surface area is 149 Å². The lowest BCUT2D eigenvalue weighted by Gasteiger charge is -2.23. The largest absolute Gasteiger partial charge is 0.471 e. The molecule has 1 heterocycles. The Kier molecular flexibility index (Phi) is 7.65. The van der Waals surface area contributed by atoms with Gasteiger partial charge >= 0.3 is 12.1 Å². The molecule has 2 N–H and O–H groups in total. The van der Waals surface area contributed by atoms with E-state index in [2.05, 4.69) is 10.6 Å². The molecule has 1 saturated heterocycles. The highest BCUT2D eigenvalue weighted by Gasteiger charge is 2.41. The number of morpholine rings is 1. The number of alkyl halides is 3. The van der Waals surface area contributed by atoms with Crippen molar-refractivity contribution in [2.45, 2.75) is 18.8 Å². The first-order valence-electron chi connectivity index (χ1n) is 7.30. The van der Waals surface area contributed by atoms with Gasteiger partial charge in [0.2, 0.25) is 5.91 Å². The number of anilines is 1. The van der Waals surface area contributed by atoms with Crippen molar-refractivity contribution in [3.05, 3.63) is 29.8 Å². The first-order valence-corrected chi connectivity index (χ1v) is 7.30. The zero-order valence-corrected chi connectivity index (χ0v) is 14.2. The molecule has 140 valence electrons. The molecule has 0 aliphatic carbocycles. The van der Waals surface area contributed by atoms with E-state index in [9.17, 15) is 22.8 Å². The standard InChI is InChI=1S/C15H18F3N3O3.ClH/c1-21(14(23)15(16,17)18)8-10-3-2-4-11(7-10)20-13(22)12-9-24-6-5-19-12;/h2-4,7,12,19H,5-6,8-9H2,1H3,(H,20,22);1H. The normalized spacial score (nSPS) is 17.4. The van der Waals surface area contributed by atoms with Crippen LogP contribution in [0.25, 0.3) is 0 Å². The maximum atomic E-state index is 12.4. The molecule has 1 fully saturated rings. The summed E-state index contributed by atoms with van der Waals surface area (Å²) in [5.41, 5.74) is 0.915. The van der Waals surface area contributed by atoms with Gasteiger partial charge in [0.05, 0.1) is 13.2 Å². The SMILES string of the molecule is CN(Cc1cccc(NC(=O)C2COCCN2)c1)C(=O)C(F)(F)F.Cl. The molecule has 25 heavy (non-hydrogen) atoms. The van der Waals surface area contributed by atoms with E-state index in [1.165, 1.54) is 6.07 Å². The second-order valence-electron chi connectivity index (χ2n) is 5.43. The van der Waals surface area contributed by atoms with E-state index in [1.807, 2.05) is 0 Å². The van der Waals surface area contributed by atoms with Gasteiger partial charge in [0, 0.05) is 25.8 Å². The number of carbonyl (C=O) groups excluding carboxylic acids is 2. The number of halogens is 4. The fraction of sp³-hybridized carbons (Fsp3) is 0.467. The number of nitrogens with zero attached hydrogens (tertiary/aromatic N) is 1. The van der Waals surface area contributed by atoms with Crippen molar-refractivity contribution in [1.82, 2.24) is 10.2 Å². The van der Waals surface area contributed by atoms with Gasteiger partial charge in [0.1, 0.15) is 6.04 Å². The zero-order valence-electron chi connectivity index (χ0n) is 13.4. The summed E-state index contributed by atoms with van der Waals surface area (Å²) < 4.78 is 42.4.